The van der Waals surface area contributed by atoms with E-state index in [9.17, 15) is 18.8 Å². The third-order valence-corrected chi connectivity index (χ3v) is 5.97. The highest BCUT2D eigenvalue weighted by Gasteiger charge is 2.47. The Morgan fingerprint density at radius 1 is 0.941 bits per heavy atom. The summed E-state index contributed by atoms with van der Waals surface area (Å²) in [5.74, 6) is -1.68. The zero-order valence-electron chi connectivity index (χ0n) is 19.0. The molecule has 9 nitrogen and oxygen atoms in total. The second-order valence-electron chi connectivity index (χ2n) is 7.37. The number of benzene rings is 1. The Morgan fingerprint density at radius 3 is 2.24 bits per heavy atom. The Balaban J connectivity index is 1.87. The highest BCUT2D eigenvalue weighted by atomic mass is 32.2. The lowest BCUT2D eigenvalue weighted by atomic mass is 10.1. The van der Waals surface area contributed by atoms with Crippen LogP contribution in [0.3, 0.4) is 0 Å². The summed E-state index contributed by atoms with van der Waals surface area (Å²) in [5.41, 5.74) is 0.333. The summed E-state index contributed by atoms with van der Waals surface area (Å²) in [7, 11) is 1.38. The van der Waals surface area contributed by atoms with Gasteiger partial charge in [0.15, 0.2) is 35.3 Å². The lowest BCUT2D eigenvalue weighted by molar-refractivity contribution is -0.186. The monoisotopic (exact) mass is 493 g/mol. The van der Waals surface area contributed by atoms with Gasteiger partial charge in [-0.2, -0.15) is 0 Å². The molecule has 0 aliphatic carbocycles. The van der Waals surface area contributed by atoms with Crippen LogP contribution in [0.25, 0.3) is 11.1 Å². The second kappa shape index (κ2) is 11.2. The molecule has 0 N–H and O–H groups in total. The lowest BCUT2D eigenvalue weighted by Crippen LogP contribution is -2.55. The molecule has 2 heterocycles. The van der Waals surface area contributed by atoms with Crippen LogP contribution < -0.4 is 9.47 Å². The average Bonchev–Trinajstić information content (AvgIpc) is 2.77. The largest absolute Gasteiger partial charge is 0.494 e. The van der Waals surface area contributed by atoms with Gasteiger partial charge >= 0.3 is 17.9 Å². The Bertz CT molecular complexity index is 1070. The van der Waals surface area contributed by atoms with Crippen molar-refractivity contribution >= 4 is 29.7 Å². The van der Waals surface area contributed by atoms with Crippen LogP contribution in [0.2, 0.25) is 0 Å². The topological polar surface area (TPSA) is 110 Å². The molecule has 0 amide bonds. The zero-order chi connectivity index (χ0) is 24.8. The summed E-state index contributed by atoms with van der Waals surface area (Å²) in [6.07, 6.45) is 0.0370. The molecule has 0 saturated carbocycles. The van der Waals surface area contributed by atoms with Crippen LogP contribution in [0, 0.1) is 5.82 Å². The van der Waals surface area contributed by atoms with E-state index in [1.54, 1.807) is 18.3 Å². The minimum Gasteiger partial charge on any atom is -0.494 e. The number of nitrogens with zero attached hydrogens (tertiary/aromatic N) is 1. The molecule has 0 spiro atoms. The van der Waals surface area contributed by atoms with E-state index >= 15 is 0 Å². The molecular formula is C23H24FNO8S. The van der Waals surface area contributed by atoms with Gasteiger partial charge in [0.05, 0.1) is 13.3 Å². The predicted molar refractivity (Wildman–Crippen MR) is 120 cm³/mol. The summed E-state index contributed by atoms with van der Waals surface area (Å²) >= 11 is 1.23. The minimum absolute atomic E-state index is 0.116. The van der Waals surface area contributed by atoms with E-state index in [0.717, 1.165) is 0 Å². The van der Waals surface area contributed by atoms with Gasteiger partial charge in [-0.1, -0.05) is 6.07 Å². The minimum atomic E-state index is -1.07. The van der Waals surface area contributed by atoms with Gasteiger partial charge in [-0.15, -0.1) is 11.8 Å². The number of rotatable bonds is 7. The van der Waals surface area contributed by atoms with Crippen molar-refractivity contribution in [3.05, 3.63) is 42.5 Å². The lowest BCUT2D eigenvalue weighted by Gasteiger charge is -2.39. The Morgan fingerprint density at radius 2 is 1.62 bits per heavy atom. The van der Waals surface area contributed by atoms with Crippen molar-refractivity contribution < 1.29 is 42.5 Å². The predicted octanol–water partition coefficient (Wildman–Crippen LogP) is 3.14. The van der Waals surface area contributed by atoms with Crippen molar-refractivity contribution in [2.45, 2.75) is 44.5 Å². The summed E-state index contributed by atoms with van der Waals surface area (Å²) in [5, 5.41) is 0. The van der Waals surface area contributed by atoms with Crippen LogP contribution in [0.1, 0.15) is 20.8 Å². The van der Waals surface area contributed by atoms with Gasteiger partial charge in [-0.25, -0.2) is 4.39 Å². The number of esters is 3. The molecule has 1 aliphatic heterocycles. The molecule has 2 aromatic rings. The van der Waals surface area contributed by atoms with E-state index in [1.165, 1.54) is 58.0 Å². The number of halogens is 1. The van der Waals surface area contributed by atoms with Crippen molar-refractivity contribution in [1.82, 2.24) is 4.98 Å². The maximum atomic E-state index is 14.2. The first kappa shape index (κ1) is 25.3. The highest BCUT2D eigenvalue weighted by molar-refractivity contribution is 7.99. The molecular weight excluding hydrogens is 469 g/mol. The molecule has 1 aromatic carbocycles. The molecule has 182 valence electrons. The highest BCUT2D eigenvalue weighted by Crippen LogP contribution is 2.35. The van der Waals surface area contributed by atoms with Gasteiger partial charge in [0.2, 0.25) is 0 Å². The maximum Gasteiger partial charge on any atom is 0.303 e. The molecule has 3 rings (SSSR count). The Hall–Kier alpha value is -3.34. The fraction of sp³-hybridized carbons (Fsp3) is 0.391. The van der Waals surface area contributed by atoms with Gasteiger partial charge in [0, 0.05) is 38.3 Å². The van der Waals surface area contributed by atoms with Gasteiger partial charge < -0.3 is 23.7 Å². The van der Waals surface area contributed by atoms with Crippen molar-refractivity contribution in [1.29, 1.82) is 0 Å². The molecule has 1 fully saturated rings. The van der Waals surface area contributed by atoms with Crippen LogP contribution in [0.5, 0.6) is 11.5 Å². The van der Waals surface area contributed by atoms with Crippen LogP contribution in [-0.2, 0) is 28.6 Å². The van der Waals surface area contributed by atoms with E-state index in [-0.39, 0.29) is 11.5 Å². The van der Waals surface area contributed by atoms with Crippen molar-refractivity contribution in [3.63, 3.8) is 0 Å². The van der Waals surface area contributed by atoms with E-state index < -0.39 is 47.5 Å². The average molecular weight is 494 g/mol. The van der Waals surface area contributed by atoms with Crippen molar-refractivity contribution in [2.75, 3.05) is 12.9 Å². The number of hydrogen-bond acceptors (Lipinski definition) is 10. The first-order chi connectivity index (χ1) is 16.2. The maximum absolute atomic E-state index is 14.2. The summed E-state index contributed by atoms with van der Waals surface area (Å²) < 4.78 is 41.2. The quantitative estimate of drug-likeness (QED) is 0.421. The van der Waals surface area contributed by atoms with Crippen molar-refractivity contribution in [3.8, 4) is 22.6 Å². The summed E-state index contributed by atoms with van der Waals surface area (Å²) in [6.45, 7) is 3.65. The normalized spacial score (nSPS) is 21.8. The first-order valence-electron chi connectivity index (χ1n) is 10.3. The van der Waals surface area contributed by atoms with Crippen LogP contribution in [0.4, 0.5) is 4.39 Å². The number of carbonyl (C=O) groups excluding carboxylic acids is 3. The van der Waals surface area contributed by atoms with E-state index in [2.05, 4.69) is 4.98 Å². The Kier molecular flexibility index (Phi) is 8.32. The molecule has 1 aliphatic rings. The van der Waals surface area contributed by atoms with Crippen molar-refractivity contribution in [2.24, 2.45) is 0 Å². The molecule has 4 atom stereocenters. The number of aromatic nitrogens is 1. The fourth-order valence-corrected chi connectivity index (χ4v) is 4.65. The molecule has 1 saturated heterocycles. The van der Waals surface area contributed by atoms with Crippen LogP contribution >= 0.6 is 11.8 Å². The third-order valence-electron chi connectivity index (χ3n) is 4.76. The molecule has 0 radical (unpaired) electrons. The van der Waals surface area contributed by atoms with E-state index in [0.29, 0.717) is 16.9 Å². The molecule has 0 bridgehead atoms. The molecule has 34 heavy (non-hydrogen) atoms. The van der Waals surface area contributed by atoms with E-state index in [4.69, 9.17) is 23.7 Å². The van der Waals surface area contributed by atoms with Gasteiger partial charge in [-0.3, -0.25) is 19.4 Å². The number of pyridine rings is 1. The SMILES string of the molecule is COc1ccc(-c2cncc(OC3SC[C@@H](OC(C)=O)[C@H](OC(C)=O)[C@H]3OC(C)=O)c2)cc1F. The van der Waals surface area contributed by atoms with E-state index in [1.807, 2.05) is 0 Å². The standard InChI is InChI=1S/C23H24FNO8S/c1-12(26)30-20-11-34-23(22(32-14(3)28)21(20)31-13(2)27)33-17-7-16(9-25-10-17)15-5-6-19(29-4)18(24)8-15/h5-10,20-23H,11H2,1-4H3/t20-,21+,22-,23?/m1/s1. The smallest absolute Gasteiger partial charge is 0.303 e. The van der Waals surface area contributed by atoms with Crippen LogP contribution in [0.15, 0.2) is 36.7 Å². The zero-order valence-corrected chi connectivity index (χ0v) is 19.8. The van der Waals surface area contributed by atoms with Gasteiger partial charge in [-0.05, 0) is 23.8 Å². The number of hydrogen-bond donors (Lipinski definition) is 0. The number of methoxy groups -OCH3 is 1. The molecule has 1 aromatic heterocycles. The molecule has 1 unspecified atom stereocenters. The van der Waals surface area contributed by atoms with Gasteiger partial charge in [0.25, 0.3) is 0 Å². The van der Waals surface area contributed by atoms with Crippen LogP contribution in [-0.4, -0.2) is 59.5 Å². The number of carbonyl (C=O) groups is 3. The number of ether oxygens (including phenoxy) is 5. The fourth-order valence-electron chi connectivity index (χ4n) is 3.43. The summed E-state index contributed by atoms with van der Waals surface area (Å²) in [6, 6.07) is 6.15. The number of thioether (sulfide) groups is 1. The third kappa shape index (κ3) is 6.37. The first-order valence-corrected chi connectivity index (χ1v) is 11.3. The van der Waals surface area contributed by atoms with Gasteiger partial charge in [0.1, 0.15) is 5.75 Å². The summed E-state index contributed by atoms with van der Waals surface area (Å²) in [4.78, 5) is 39.2. The molecule has 11 heteroatoms. The Labute approximate surface area is 199 Å². The second-order valence-corrected chi connectivity index (χ2v) is 8.51.